The van der Waals surface area contributed by atoms with Crippen LogP contribution < -0.4 is 4.74 Å². The average molecular weight is 494 g/mol. The molecule has 2 bridgehead atoms. The molecule has 2 saturated carbocycles. The maximum Gasteiger partial charge on any atom is 0.191 e. The van der Waals surface area contributed by atoms with Gasteiger partial charge in [0.15, 0.2) is 22.5 Å². The highest BCUT2D eigenvalue weighted by atomic mass is 32.2. The van der Waals surface area contributed by atoms with Gasteiger partial charge >= 0.3 is 0 Å². The van der Waals surface area contributed by atoms with E-state index in [0.29, 0.717) is 12.0 Å². The maximum atomic E-state index is 14.1. The lowest BCUT2D eigenvalue weighted by Gasteiger charge is -2.30. The van der Waals surface area contributed by atoms with Crippen molar-refractivity contribution in [1.82, 2.24) is 14.8 Å². The van der Waals surface area contributed by atoms with Crippen LogP contribution in [0, 0.1) is 23.6 Å². The van der Waals surface area contributed by atoms with E-state index < -0.39 is 0 Å². The van der Waals surface area contributed by atoms with Gasteiger partial charge in [-0.25, -0.2) is 4.39 Å². The largest absolute Gasteiger partial charge is 0.483 e. The lowest BCUT2D eigenvalue weighted by molar-refractivity contribution is 0.215. The van der Waals surface area contributed by atoms with Crippen LogP contribution in [0.15, 0.2) is 53.7 Å². The minimum absolute atomic E-state index is 0.148. The molecule has 1 aromatic heterocycles. The molecule has 186 valence electrons. The quantitative estimate of drug-likeness (QED) is 0.303. The zero-order valence-corrected chi connectivity index (χ0v) is 22.0. The molecule has 3 aromatic rings. The zero-order chi connectivity index (χ0) is 24.6. The van der Waals surface area contributed by atoms with Crippen LogP contribution in [0.25, 0.3) is 0 Å². The molecule has 0 N–H and O–H groups in total. The highest BCUT2D eigenvalue weighted by molar-refractivity contribution is 7.98. The molecule has 35 heavy (non-hydrogen) atoms. The van der Waals surface area contributed by atoms with Crippen molar-refractivity contribution in [3.63, 3.8) is 0 Å². The van der Waals surface area contributed by atoms with Gasteiger partial charge < -0.3 is 4.74 Å². The number of para-hydroxylation sites is 1. The van der Waals surface area contributed by atoms with Crippen molar-refractivity contribution in [2.24, 2.45) is 17.8 Å². The van der Waals surface area contributed by atoms with Crippen molar-refractivity contribution in [2.45, 2.75) is 82.4 Å². The Balaban J connectivity index is 1.36. The van der Waals surface area contributed by atoms with Crippen molar-refractivity contribution in [3.05, 3.63) is 71.3 Å². The molecule has 2 aliphatic carbocycles. The summed E-state index contributed by atoms with van der Waals surface area (Å²) in [5.41, 5.74) is 2.76. The first-order valence-corrected chi connectivity index (χ1v) is 13.8. The highest BCUT2D eigenvalue weighted by Gasteiger charge is 2.43. The van der Waals surface area contributed by atoms with Gasteiger partial charge in [-0.1, -0.05) is 75.4 Å². The van der Waals surface area contributed by atoms with Crippen LogP contribution >= 0.6 is 11.8 Å². The first-order chi connectivity index (χ1) is 16.8. The number of fused-ring (bicyclic) bond motifs is 2. The van der Waals surface area contributed by atoms with Crippen LogP contribution in [0.4, 0.5) is 4.39 Å². The summed E-state index contributed by atoms with van der Waals surface area (Å²) in [4.78, 5) is 0. The number of benzene rings is 2. The Kier molecular flexibility index (Phi) is 6.93. The predicted octanol–water partition coefficient (Wildman–Crippen LogP) is 7.58. The van der Waals surface area contributed by atoms with Crippen molar-refractivity contribution in [2.75, 3.05) is 0 Å². The van der Waals surface area contributed by atoms with E-state index in [4.69, 9.17) is 4.74 Å². The standard InChI is InChI=1S/C29H36FN3OS/c1-19(24-16-21-9-12-22(24)15-21)33-27(17-34-26-8-6-5-7-25(26)30)31-32-28(33)35-18-20-10-13-23(14-11-20)29(2,3)4/h5-8,10-11,13-14,19,21-22,24H,9,12,15-18H2,1-4H3. The Labute approximate surface area is 212 Å². The number of hydrogen-bond acceptors (Lipinski definition) is 4. The molecule has 0 radical (unpaired) electrons. The van der Waals surface area contributed by atoms with Gasteiger partial charge in [0.25, 0.3) is 0 Å². The number of ether oxygens (including phenoxy) is 1. The lowest BCUT2D eigenvalue weighted by Crippen LogP contribution is -2.24. The molecule has 0 amide bonds. The van der Waals surface area contributed by atoms with E-state index in [2.05, 4.69) is 66.7 Å². The van der Waals surface area contributed by atoms with E-state index in [1.165, 1.54) is 42.9 Å². The van der Waals surface area contributed by atoms with E-state index in [1.807, 2.05) is 0 Å². The van der Waals surface area contributed by atoms with Gasteiger partial charge in [-0.05, 0) is 72.6 Å². The Morgan fingerprint density at radius 2 is 1.83 bits per heavy atom. The fraction of sp³-hybridized carbons (Fsp3) is 0.517. The third kappa shape index (κ3) is 5.28. The van der Waals surface area contributed by atoms with Crippen molar-refractivity contribution in [1.29, 1.82) is 0 Å². The third-order valence-electron chi connectivity index (χ3n) is 7.94. The molecule has 0 saturated heterocycles. The molecule has 2 aliphatic rings. The van der Waals surface area contributed by atoms with Gasteiger partial charge in [-0.2, -0.15) is 0 Å². The summed E-state index contributed by atoms with van der Waals surface area (Å²) in [5, 5.41) is 10.0. The van der Waals surface area contributed by atoms with Crippen LogP contribution in [0.5, 0.6) is 5.75 Å². The number of nitrogens with zero attached hydrogens (tertiary/aromatic N) is 3. The number of thioether (sulfide) groups is 1. The van der Waals surface area contributed by atoms with Crippen LogP contribution in [0.3, 0.4) is 0 Å². The summed E-state index contributed by atoms with van der Waals surface area (Å²) < 4.78 is 22.3. The number of aromatic nitrogens is 3. The minimum Gasteiger partial charge on any atom is -0.483 e. The predicted molar refractivity (Wildman–Crippen MR) is 139 cm³/mol. The van der Waals surface area contributed by atoms with Crippen molar-refractivity contribution in [3.8, 4) is 5.75 Å². The number of hydrogen-bond donors (Lipinski definition) is 0. The summed E-state index contributed by atoms with van der Waals surface area (Å²) in [6.07, 6.45) is 5.37. The van der Waals surface area contributed by atoms with Crippen molar-refractivity contribution < 1.29 is 9.13 Å². The number of halogens is 1. The van der Waals surface area contributed by atoms with Gasteiger partial charge in [0.2, 0.25) is 0 Å². The van der Waals surface area contributed by atoms with E-state index in [0.717, 1.165) is 28.6 Å². The molecule has 2 aromatic carbocycles. The molecule has 4 atom stereocenters. The van der Waals surface area contributed by atoms with E-state index >= 15 is 0 Å². The molecule has 6 heteroatoms. The van der Waals surface area contributed by atoms with E-state index in [9.17, 15) is 4.39 Å². The molecule has 2 fully saturated rings. The summed E-state index contributed by atoms with van der Waals surface area (Å²) in [6, 6.07) is 15.7. The molecular formula is C29H36FN3OS. The topological polar surface area (TPSA) is 39.9 Å². The monoisotopic (exact) mass is 493 g/mol. The van der Waals surface area contributed by atoms with Gasteiger partial charge in [-0.3, -0.25) is 4.57 Å². The lowest BCUT2D eigenvalue weighted by atomic mass is 9.84. The third-order valence-corrected chi connectivity index (χ3v) is 8.95. The second-order valence-electron chi connectivity index (χ2n) is 11.3. The Morgan fingerprint density at radius 1 is 1.06 bits per heavy atom. The summed E-state index contributed by atoms with van der Waals surface area (Å²) in [6.45, 7) is 9.23. The van der Waals surface area contributed by atoms with Crippen LogP contribution in [0.2, 0.25) is 0 Å². The molecule has 0 spiro atoms. The SMILES string of the molecule is CC(C1CC2CCC1C2)n1c(COc2ccccc2F)nnc1SCc1ccc(C(C)(C)C)cc1. The maximum absolute atomic E-state index is 14.1. The fourth-order valence-electron chi connectivity index (χ4n) is 5.94. The van der Waals surface area contributed by atoms with Gasteiger partial charge in [0.05, 0.1) is 0 Å². The normalized spacial score (nSPS) is 22.5. The summed E-state index contributed by atoms with van der Waals surface area (Å²) >= 11 is 1.73. The fourth-order valence-corrected chi connectivity index (χ4v) is 6.94. The van der Waals surface area contributed by atoms with Crippen molar-refractivity contribution >= 4 is 11.8 Å². The van der Waals surface area contributed by atoms with Gasteiger partial charge in [-0.15, -0.1) is 10.2 Å². The summed E-state index contributed by atoms with van der Waals surface area (Å²) in [5.74, 6) is 3.81. The van der Waals surface area contributed by atoms with Crippen LogP contribution in [-0.2, 0) is 17.8 Å². The highest BCUT2D eigenvalue weighted by Crippen LogP contribution is 2.52. The first kappa shape index (κ1) is 24.4. The second kappa shape index (κ2) is 9.96. The molecular weight excluding hydrogens is 457 g/mol. The van der Waals surface area contributed by atoms with Gasteiger partial charge in [0, 0.05) is 11.8 Å². The van der Waals surface area contributed by atoms with E-state index in [1.54, 1.807) is 30.0 Å². The second-order valence-corrected chi connectivity index (χ2v) is 12.2. The zero-order valence-electron chi connectivity index (χ0n) is 21.2. The minimum atomic E-state index is -0.354. The molecule has 4 unspecified atom stereocenters. The Morgan fingerprint density at radius 3 is 2.49 bits per heavy atom. The number of rotatable bonds is 8. The first-order valence-electron chi connectivity index (χ1n) is 12.8. The van der Waals surface area contributed by atoms with Crippen LogP contribution in [-0.4, -0.2) is 14.8 Å². The Bertz CT molecular complexity index is 1150. The van der Waals surface area contributed by atoms with Crippen LogP contribution in [0.1, 0.15) is 76.4 Å². The molecule has 5 rings (SSSR count). The smallest absolute Gasteiger partial charge is 0.191 e. The molecule has 4 nitrogen and oxygen atoms in total. The molecule has 1 heterocycles. The average Bonchev–Trinajstić information content (AvgIpc) is 3.57. The van der Waals surface area contributed by atoms with Gasteiger partial charge in [0.1, 0.15) is 6.61 Å². The Hall–Kier alpha value is -2.34. The van der Waals surface area contributed by atoms with E-state index in [-0.39, 0.29) is 23.6 Å². The summed E-state index contributed by atoms with van der Waals surface area (Å²) in [7, 11) is 0. The molecule has 0 aliphatic heterocycles.